The van der Waals surface area contributed by atoms with Gasteiger partial charge in [0.05, 0.1) is 5.60 Å². The van der Waals surface area contributed by atoms with Gasteiger partial charge in [-0.3, -0.25) is 4.68 Å². The molecule has 1 fully saturated rings. The molecule has 1 aliphatic heterocycles. The van der Waals surface area contributed by atoms with Gasteiger partial charge < -0.3 is 10.1 Å². The van der Waals surface area contributed by atoms with Crippen LogP contribution in [0.3, 0.4) is 0 Å². The lowest BCUT2D eigenvalue weighted by Crippen LogP contribution is -2.48. The van der Waals surface area contributed by atoms with E-state index in [1.165, 1.54) is 12.1 Å². The second-order valence-corrected chi connectivity index (χ2v) is 5.36. The van der Waals surface area contributed by atoms with Crippen molar-refractivity contribution in [3.8, 4) is 0 Å². The van der Waals surface area contributed by atoms with E-state index in [0.29, 0.717) is 6.04 Å². The quantitative estimate of drug-likeness (QED) is 0.839. The standard InChI is InChI=1S/C14H25N3O/c1-4-15-13(14(2)9-5-11-18-14)7-6-12-8-10-16-17(12)3/h8,10,13,15H,4-7,9,11H2,1-3H3. The molecule has 4 nitrogen and oxygen atoms in total. The summed E-state index contributed by atoms with van der Waals surface area (Å²) in [4.78, 5) is 0. The van der Waals surface area contributed by atoms with Gasteiger partial charge in [-0.05, 0) is 45.2 Å². The van der Waals surface area contributed by atoms with E-state index in [1.54, 1.807) is 0 Å². The Morgan fingerprint density at radius 2 is 2.44 bits per heavy atom. The largest absolute Gasteiger partial charge is 0.374 e. The Morgan fingerprint density at radius 1 is 1.61 bits per heavy atom. The number of aryl methyl sites for hydroxylation is 2. The van der Waals surface area contributed by atoms with Gasteiger partial charge >= 0.3 is 0 Å². The van der Waals surface area contributed by atoms with E-state index in [-0.39, 0.29) is 5.60 Å². The molecule has 0 amide bonds. The van der Waals surface area contributed by atoms with E-state index >= 15 is 0 Å². The van der Waals surface area contributed by atoms with E-state index in [0.717, 1.165) is 32.4 Å². The molecular formula is C14H25N3O. The molecule has 0 radical (unpaired) electrons. The Hall–Kier alpha value is -0.870. The zero-order chi connectivity index (χ0) is 13.0. The van der Waals surface area contributed by atoms with Crippen LogP contribution in [0.15, 0.2) is 12.3 Å². The molecule has 0 aromatic carbocycles. The van der Waals surface area contributed by atoms with Gasteiger partial charge in [-0.15, -0.1) is 0 Å². The molecule has 102 valence electrons. The van der Waals surface area contributed by atoms with Crippen LogP contribution in [0.25, 0.3) is 0 Å². The Bertz CT molecular complexity index is 369. The molecule has 18 heavy (non-hydrogen) atoms. The summed E-state index contributed by atoms with van der Waals surface area (Å²) in [5, 5.41) is 7.81. The Balaban J connectivity index is 1.96. The fourth-order valence-electron chi connectivity index (χ4n) is 2.88. The van der Waals surface area contributed by atoms with Crippen molar-refractivity contribution >= 4 is 0 Å². The predicted octanol–water partition coefficient (Wildman–Crippen LogP) is 1.90. The van der Waals surface area contributed by atoms with E-state index in [2.05, 4.69) is 30.3 Å². The molecule has 1 aromatic rings. The van der Waals surface area contributed by atoms with Gasteiger partial charge in [0.2, 0.25) is 0 Å². The van der Waals surface area contributed by atoms with Crippen molar-refractivity contribution in [3.63, 3.8) is 0 Å². The molecule has 0 spiro atoms. The fraction of sp³-hybridized carbons (Fsp3) is 0.786. The number of hydrogen-bond donors (Lipinski definition) is 1. The maximum atomic E-state index is 5.97. The van der Waals surface area contributed by atoms with Crippen molar-refractivity contribution in [3.05, 3.63) is 18.0 Å². The van der Waals surface area contributed by atoms with Crippen molar-refractivity contribution in [2.24, 2.45) is 7.05 Å². The molecule has 1 aromatic heterocycles. The monoisotopic (exact) mass is 251 g/mol. The summed E-state index contributed by atoms with van der Waals surface area (Å²) in [7, 11) is 2.01. The Morgan fingerprint density at radius 3 is 3.00 bits per heavy atom. The minimum absolute atomic E-state index is 0.00853. The summed E-state index contributed by atoms with van der Waals surface area (Å²) in [6.07, 6.45) is 6.36. The zero-order valence-electron chi connectivity index (χ0n) is 11.8. The highest BCUT2D eigenvalue weighted by Crippen LogP contribution is 2.30. The maximum Gasteiger partial charge on any atom is 0.0807 e. The van der Waals surface area contributed by atoms with Crippen molar-refractivity contribution in [2.45, 2.75) is 51.2 Å². The van der Waals surface area contributed by atoms with Crippen molar-refractivity contribution in [1.29, 1.82) is 0 Å². The van der Waals surface area contributed by atoms with Gasteiger partial charge in [0.1, 0.15) is 0 Å². The van der Waals surface area contributed by atoms with E-state index in [9.17, 15) is 0 Å². The number of likely N-dealkylation sites (N-methyl/N-ethyl adjacent to an activating group) is 1. The summed E-state index contributed by atoms with van der Waals surface area (Å²) < 4.78 is 7.93. The molecule has 0 bridgehead atoms. The van der Waals surface area contributed by atoms with Crippen LogP contribution in [0, 0.1) is 0 Å². The third-order valence-corrected chi connectivity index (χ3v) is 4.05. The molecule has 2 unspecified atom stereocenters. The van der Waals surface area contributed by atoms with Crippen LogP contribution < -0.4 is 5.32 Å². The SMILES string of the molecule is CCNC(CCc1ccnn1C)C1(C)CCCO1. The van der Waals surface area contributed by atoms with Gasteiger partial charge in [0, 0.05) is 31.6 Å². The normalized spacial score (nSPS) is 25.5. The van der Waals surface area contributed by atoms with Gasteiger partial charge in [0.15, 0.2) is 0 Å². The number of nitrogens with one attached hydrogen (secondary N) is 1. The lowest BCUT2D eigenvalue weighted by Gasteiger charge is -2.34. The molecule has 1 saturated heterocycles. The highest BCUT2D eigenvalue weighted by atomic mass is 16.5. The molecular weight excluding hydrogens is 226 g/mol. The lowest BCUT2D eigenvalue weighted by atomic mass is 9.89. The molecule has 0 saturated carbocycles. The average Bonchev–Trinajstić information content (AvgIpc) is 2.95. The first kappa shape index (κ1) is 13.6. The van der Waals surface area contributed by atoms with Gasteiger partial charge in [0.25, 0.3) is 0 Å². The third kappa shape index (κ3) is 2.93. The molecule has 4 heteroatoms. The van der Waals surface area contributed by atoms with Gasteiger partial charge in [-0.25, -0.2) is 0 Å². The second kappa shape index (κ2) is 5.85. The molecule has 2 atom stereocenters. The van der Waals surface area contributed by atoms with Crippen molar-refractivity contribution in [2.75, 3.05) is 13.2 Å². The number of aromatic nitrogens is 2. The van der Waals surface area contributed by atoms with E-state index < -0.39 is 0 Å². The third-order valence-electron chi connectivity index (χ3n) is 4.05. The van der Waals surface area contributed by atoms with Crippen LogP contribution >= 0.6 is 0 Å². The van der Waals surface area contributed by atoms with Crippen LogP contribution in [-0.4, -0.2) is 34.6 Å². The molecule has 1 N–H and O–H groups in total. The van der Waals surface area contributed by atoms with E-state index in [1.807, 2.05) is 17.9 Å². The first-order valence-electron chi connectivity index (χ1n) is 7.00. The summed E-state index contributed by atoms with van der Waals surface area (Å²) >= 11 is 0. The van der Waals surface area contributed by atoms with Crippen LogP contribution in [-0.2, 0) is 18.2 Å². The number of rotatable bonds is 6. The molecule has 2 rings (SSSR count). The van der Waals surface area contributed by atoms with Crippen molar-refractivity contribution in [1.82, 2.24) is 15.1 Å². The summed E-state index contributed by atoms with van der Waals surface area (Å²) in [6.45, 7) is 6.31. The van der Waals surface area contributed by atoms with Crippen LogP contribution in [0.4, 0.5) is 0 Å². The second-order valence-electron chi connectivity index (χ2n) is 5.36. The minimum Gasteiger partial charge on any atom is -0.374 e. The summed E-state index contributed by atoms with van der Waals surface area (Å²) in [6, 6.07) is 2.53. The molecule has 2 heterocycles. The zero-order valence-corrected chi connectivity index (χ0v) is 11.8. The van der Waals surface area contributed by atoms with Gasteiger partial charge in [-0.2, -0.15) is 5.10 Å². The topological polar surface area (TPSA) is 39.1 Å². The summed E-state index contributed by atoms with van der Waals surface area (Å²) in [5.41, 5.74) is 1.30. The number of nitrogens with zero attached hydrogens (tertiary/aromatic N) is 2. The Kier molecular flexibility index (Phi) is 4.40. The molecule has 0 aliphatic carbocycles. The highest BCUT2D eigenvalue weighted by molar-refractivity contribution is 5.02. The predicted molar refractivity (Wildman–Crippen MR) is 72.6 cm³/mol. The smallest absolute Gasteiger partial charge is 0.0807 e. The fourth-order valence-corrected chi connectivity index (χ4v) is 2.88. The lowest BCUT2D eigenvalue weighted by molar-refractivity contribution is -0.0134. The van der Waals surface area contributed by atoms with Crippen LogP contribution in [0.1, 0.15) is 38.8 Å². The molecule has 1 aliphatic rings. The summed E-state index contributed by atoms with van der Waals surface area (Å²) in [5.74, 6) is 0. The highest BCUT2D eigenvalue weighted by Gasteiger charge is 2.37. The van der Waals surface area contributed by atoms with Crippen LogP contribution in [0.5, 0.6) is 0 Å². The average molecular weight is 251 g/mol. The van der Waals surface area contributed by atoms with Gasteiger partial charge in [-0.1, -0.05) is 6.92 Å². The first-order valence-corrected chi connectivity index (χ1v) is 7.00. The first-order chi connectivity index (χ1) is 8.65. The number of ether oxygens (including phenoxy) is 1. The minimum atomic E-state index is 0.00853. The van der Waals surface area contributed by atoms with Crippen LogP contribution in [0.2, 0.25) is 0 Å². The van der Waals surface area contributed by atoms with Crippen molar-refractivity contribution < 1.29 is 4.74 Å². The maximum absolute atomic E-state index is 5.97. The Labute approximate surface area is 110 Å². The van der Waals surface area contributed by atoms with E-state index in [4.69, 9.17) is 4.74 Å². The number of hydrogen-bond acceptors (Lipinski definition) is 3.